The molecule has 0 N–H and O–H groups in total. The Morgan fingerprint density at radius 3 is 2.50 bits per heavy atom. The van der Waals surface area contributed by atoms with Crippen LogP contribution in [0.25, 0.3) is 0 Å². The second-order valence-corrected chi connectivity index (χ2v) is 6.02. The Labute approximate surface area is 156 Å². The third-order valence-corrected chi connectivity index (χ3v) is 3.98. The third kappa shape index (κ3) is 4.83. The fraction of sp³-hybridized carbons (Fsp3) is 0.211. The zero-order valence-corrected chi connectivity index (χ0v) is 14.7. The normalized spacial score (nSPS) is 13.3. The molecule has 2 aromatic carbocycles. The van der Waals surface area contributed by atoms with Gasteiger partial charge in [0.1, 0.15) is 5.75 Å². The Hall–Kier alpha value is -2.86. The van der Waals surface area contributed by atoms with Gasteiger partial charge < -0.3 is 9.47 Å². The van der Waals surface area contributed by atoms with Gasteiger partial charge in [0.05, 0.1) is 12.3 Å². The Kier molecular flexibility index (Phi) is 5.86. The van der Waals surface area contributed by atoms with E-state index in [9.17, 15) is 9.59 Å². The van der Waals surface area contributed by atoms with Gasteiger partial charge in [-0.1, -0.05) is 41.9 Å². The average molecular weight is 373 g/mol. The quantitative estimate of drug-likeness (QED) is 0.731. The summed E-state index contributed by atoms with van der Waals surface area (Å²) in [5.41, 5.74) is 1.83. The number of hydrogen-bond acceptors (Lipinski definition) is 5. The van der Waals surface area contributed by atoms with E-state index < -0.39 is 5.97 Å². The molecule has 1 aliphatic heterocycles. The van der Waals surface area contributed by atoms with Gasteiger partial charge in [-0.05, 0) is 29.8 Å². The number of halogens is 1. The second-order valence-electron chi connectivity index (χ2n) is 5.58. The summed E-state index contributed by atoms with van der Waals surface area (Å²) in [7, 11) is 0. The van der Waals surface area contributed by atoms with E-state index in [0.717, 1.165) is 11.3 Å². The maximum Gasteiger partial charge on any atom is 0.344 e. The van der Waals surface area contributed by atoms with E-state index in [2.05, 4.69) is 5.10 Å². The van der Waals surface area contributed by atoms with Crippen LogP contribution in [0.15, 0.2) is 59.7 Å². The summed E-state index contributed by atoms with van der Waals surface area (Å²) in [6.45, 7) is -0.177. The fourth-order valence-corrected chi connectivity index (χ4v) is 2.53. The Morgan fingerprint density at radius 1 is 1.04 bits per heavy atom. The van der Waals surface area contributed by atoms with Crippen LogP contribution in [0, 0.1) is 0 Å². The van der Waals surface area contributed by atoms with Crippen molar-refractivity contribution >= 4 is 29.2 Å². The van der Waals surface area contributed by atoms with E-state index in [4.69, 9.17) is 21.1 Å². The zero-order chi connectivity index (χ0) is 18.4. The Bertz CT molecular complexity index is 806. The van der Waals surface area contributed by atoms with Crippen LogP contribution >= 0.6 is 11.6 Å². The van der Waals surface area contributed by atoms with E-state index >= 15 is 0 Å². The number of hydrogen-bond donors (Lipinski definition) is 0. The van der Waals surface area contributed by atoms with Gasteiger partial charge in [-0.15, -0.1) is 0 Å². The maximum absolute atomic E-state index is 12.1. The molecule has 0 aliphatic carbocycles. The van der Waals surface area contributed by atoms with E-state index in [-0.39, 0.29) is 19.1 Å². The van der Waals surface area contributed by atoms with Crippen LogP contribution in [0.4, 0.5) is 0 Å². The van der Waals surface area contributed by atoms with Gasteiger partial charge in [-0.2, -0.15) is 5.10 Å². The first-order chi connectivity index (χ1) is 12.6. The molecule has 1 amide bonds. The standard InChI is InChI=1S/C19H17ClN2O4/c20-15-6-8-16(9-7-15)25-13-19(24)26-12-18(23)22-11-10-17(21-22)14-4-2-1-3-5-14/h1-9H,10-13H2. The van der Waals surface area contributed by atoms with Crippen LogP contribution in [0.1, 0.15) is 12.0 Å². The van der Waals surface area contributed by atoms with E-state index in [1.54, 1.807) is 24.3 Å². The molecule has 2 aromatic rings. The molecular weight excluding hydrogens is 356 g/mol. The summed E-state index contributed by atoms with van der Waals surface area (Å²) in [4.78, 5) is 23.8. The first kappa shape index (κ1) is 17.9. The van der Waals surface area contributed by atoms with E-state index in [1.165, 1.54) is 5.01 Å². The Balaban J connectivity index is 1.44. The van der Waals surface area contributed by atoms with Gasteiger partial charge in [0.25, 0.3) is 5.91 Å². The lowest BCUT2D eigenvalue weighted by Crippen LogP contribution is -2.29. The number of ether oxygens (including phenoxy) is 2. The van der Waals surface area contributed by atoms with Crippen LogP contribution in [0.5, 0.6) is 5.75 Å². The molecule has 134 valence electrons. The predicted molar refractivity (Wildman–Crippen MR) is 97.2 cm³/mol. The first-order valence-corrected chi connectivity index (χ1v) is 8.47. The zero-order valence-electron chi connectivity index (χ0n) is 13.9. The highest BCUT2D eigenvalue weighted by Crippen LogP contribution is 2.16. The fourth-order valence-electron chi connectivity index (χ4n) is 2.40. The number of amides is 1. The molecule has 1 heterocycles. The largest absolute Gasteiger partial charge is 0.482 e. The average Bonchev–Trinajstić information content (AvgIpc) is 3.17. The lowest BCUT2D eigenvalue weighted by molar-refractivity contribution is -0.153. The van der Waals surface area contributed by atoms with Crippen molar-refractivity contribution < 1.29 is 19.1 Å². The molecule has 0 saturated carbocycles. The van der Waals surface area contributed by atoms with Crippen LogP contribution in [0.2, 0.25) is 5.02 Å². The lowest BCUT2D eigenvalue weighted by atomic mass is 10.1. The summed E-state index contributed by atoms with van der Waals surface area (Å²) >= 11 is 5.77. The predicted octanol–water partition coefficient (Wildman–Crippen LogP) is 2.90. The van der Waals surface area contributed by atoms with Crippen LogP contribution in [-0.4, -0.2) is 42.4 Å². The van der Waals surface area contributed by atoms with Crippen molar-refractivity contribution in [2.45, 2.75) is 6.42 Å². The molecule has 0 aromatic heterocycles. The van der Waals surface area contributed by atoms with Crippen molar-refractivity contribution in [3.8, 4) is 5.75 Å². The third-order valence-electron chi connectivity index (χ3n) is 3.72. The van der Waals surface area contributed by atoms with Crippen molar-refractivity contribution in [2.75, 3.05) is 19.8 Å². The molecule has 26 heavy (non-hydrogen) atoms. The highest BCUT2D eigenvalue weighted by molar-refractivity contribution is 6.30. The summed E-state index contributed by atoms with van der Waals surface area (Å²) in [6.07, 6.45) is 0.670. The molecule has 0 saturated heterocycles. The number of benzene rings is 2. The molecule has 1 aliphatic rings. The minimum absolute atomic E-state index is 0.284. The number of esters is 1. The Morgan fingerprint density at radius 2 is 1.77 bits per heavy atom. The molecule has 0 bridgehead atoms. The molecule has 3 rings (SSSR count). The summed E-state index contributed by atoms with van der Waals surface area (Å²) in [6, 6.07) is 16.3. The van der Waals surface area contributed by atoms with E-state index in [0.29, 0.717) is 23.7 Å². The van der Waals surface area contributed by atoms with Gasteiger partial charge in [-0.25, -0.2) is 9.80 Å². The number of hydrazone groups is 1. The molecule has 0 radical (unpaired) electrons. The van der Waals surface area contributed by atoms with Crippen LogP contribution in [0.3, 0.4) is 0 Å². The molecule has 7 heteroatoms. The first-order valence-electron chi connectivity index (χ1n) is 8.09. The molecule has 0 fully saturated rings. The van der Waals surface area contributed by atoms with Gasteiger partial charge >= 0.3 is 5.97 Å². The van der Waals surface area contributed by atoms with Gasteiger partial charge in [0.15, 0.2) is 13.2 Å². The van der Waals surface area contributed by atoms with Gasteiger partial charge in [-0.3, -0.25) is 4.79 Å². The minimum Gasteiger partial charge on any atom is -0.482 e. The second kappa shape index (κ2) is 8.49. The molecule has 0 atom stereocenters. The van der Waals surface area contributed by atoms with Crippen molar-refractivity contribution in [1.29, 1.82) is 0 Å². The van der Waals surface area contributed by atoms with Crippen molar-refractivity contribution in [3.05, 3.63) is 65.2 Å². The van der Waals surface area contributed by atoms with E-state index in [1.807, 2.05) is 30.3 Å². The minimum atomic E-state index is -0.625. The molecule has 0 unspecified atom stereocenters. The molecule has 6 nitrogen and oxygen atoms in total. The molecular formula is C19H17ClN2O4. The smallest absolute Gasteiger partial charge is 0.344 e. The number of nitrogens with zero attached hydrogens (tertiary/aromatic N) is 2. The van der Waals surface area contributed by atoms with Gasteiger partial charge in [0, 0.05) is 11.4 Å². The molecule has 0 spiro atoms. The van der Waals surface area contributed by atoms with Crippen molar-refractivity contribution in [2.24, 2.45) is 5.10 Å². The monoisotopic (exact) mass is 372 g/mol. The summed E-state index contributed by atoms with van der Waals surface area (Å²) in [5, 5.41) is 6.21. The number of carbonyl (C=O) groups excluding carboxylic acids is 2. The summed E-state index contributed by atoms with van der Waals surface area (Å²) in [5.74, 6) is -0.496. The van der Waals surface area contributed by atoms with Crippen molar-refractivity contribution in [3.63, 3.8) is 0 Å². The summed E-state index contributed by atoms with van der Waals surface area (Å²) < 4.78 is 10.2. The lowest BCUT2D eigenvalue weighted by Gasteiger charge is -2.12. The SMILES string of the molecule is O=C(COc1ccc(Cl)cc1)OCC(=O)N1CCC(c2ccccc2)=N1. The van der Waals surface area contributed by atoms with Crippen LogP contribution in [-0.2, 0) is 14.3 Å². The van der Waals surface area contributed by atoms with Gasteiger partial charge in [0.2, 0.25) is 0 Å². The maximum atomic E-state index is 12.1. The highest BCUT2D eigenvalue weighted by atomic mass is 35.5. The highest BCUT2D eigenvalue weighted by Gasteiger charge is 2.22. The topological polar surface area (TPSA) is 68.2 Å². The van der Waals surface area contributed by atoms with Crippen LogP contribution < -0.4 is 4.74 Å². The number of carbonyl (C=O) groups is 2. The van der Waals surface area contributed by atoms with Crippen molar-refractivity contribution in [1.82, 2.24) is 5.01 Å². The number of rotatable bonds is 6.